The highest BCUT2D eigenvalue weighted by atomic mass is 32.1. The molecule has 1 aromatic carbocycles. The Bertz CT molecular complexity index is 642. The highest BCUT2D eigenvalue weighted by Gasteiger charge is 2.21. The minimum absolute atomic E-state index is 0.239. The molecule has 6 heteroatoms. The number of aromatic nitrogens is 2. The molecule has 21 heavy (non-hydrogen) atoms. The third kappa shape index (κ3) is 2.95. The number of aryl methyl sites for hydroxylation is 1. The number of nitrogens with zero attached hydrogens (tertiary/aromatic N) is 2. The number of fused-ring (bicyclic) bond motifs is 1. The molecule has 2 heterocycles. The molecule has 0 saturated carbocycles. The van der Waals surface area contributed by atoms with E-state index in [1.165, 1.54) is 5.56 Å². The van der Waals surface area contributed by atoms with Crippen LogP contribution < -0.4 is 14.8 Å². The number of hydrogen-bond acceptors (Lipinski definition) is 6. The molecule has 1 aliphatic heterocycles. The summed E-state index contributed by atoms with van der Waals surface area (Å²) in [5.41, 5.74) is 2.28. The van der Waals surface area contributed by atoms with Crippen molar-refractivity contribution < 1.29 is 9.47 Å². The first-order valence-corrected chi connectivity index (χ1v) is 7.94. The normalized spacial score (nSPS) is 16.4. The summed E-state index contributed by atoms with van der Waals surface area (Å²) in [6.07, 6.45) is 2.09. The van der Waals surface area contributed by atoms with E-state index >= 15 is 0 Å². The monoisotopic (exact) mass is 305 g/mol. The van der Waals surface area contributed by atoms with E-state index < -0.39 is 0 Å². The number of nitrogens with one attached hydrogen (secondary N) is 1. The Hall–Kier alpha value is -1.82. The Labute approximate surface area is 128 Å². The van der Waals surface area contributed by atoms with Crippen molar-refractivity contribution in [3.8, 4) is 11.5 Å². The first-order chi connectivity index (χ1) is 10.2. The van der Waals surface area contributed by atoms with E-state index in [9.17, 15) is 0 Å². The second kappa shape index (κ2) is 5.89. The van der Waals surface area contributed by atoms with E-state index in [1.807, 2.05) is 0 Å². The minimum Gasteiger partial charge on any atom is -0.496 e. The van der Waals surface area contributed by atoms with Crippen LogP contribution in [0.1, 0.15) is 30.0 Å². The molecule has 1 aliphatic rings. The maximum atomic E-state index is 5.81. The van der Waals surface area contributed by atoms with Gasteiger partial charge in [-0.1, -0.05) is 18.3 Å². The molecular formula is C15H19N3O2S. The molecule has 5 nitrogen and oxygen atoms in total. The van der Waals surface area contributed by atoms with Crippen LogP contribution >= 0.6 is 11.3 Å². The molecule has 3 rings (SSSR count). The van der Waals surface area contributed by atoms with Crippen molar-refractivity contribution >= 4 is 16.5 Å². The average Bonchev–Trinajstić information content (AvgIpc) is 3.08. The van der Waals surface area contributed by atoms with Crippen LogP contribution in [-0.4, -0.2) is 23.4 Å². The van der Waals surface area contributed by atoms with Gasteiger partial charge in [-0.3, -0.25) is 0 Å². The van der Waals surface area contributed by atoms with Gasteiger partial charge in [-0.2, -0.15) is 0 Å². The van der Waals surface area contributed by atoms with Gasteiger partial charge in [-0.25, -0.2) is 0 Å². The van der Waals surface area contributed by atoms with Gasteiger partial charge in [0.25, 0.3) is 0 Å². The van der Waals surface area contributed by atoms with Crippen molar-refractivity contribution in [2.45, 2.75) is 39.3 Å². The van der Waals surface area contributed by atoms with Crippen molar-refractivity contribution in [1.82, 2.24) is 10.2 Å². The molecule has 1 N–H and O–H groups in total. The fraction of sp³-hybridized carbons (Fsp3) is 0.467. The topological polar surface area (TPSA) is 56.3 Å². The van der Waals surface area contributed by atoms with Crippen LogP contribution in [0.5, 0.6) is 11.5 Å². The zero-order valence-corrected chi connectivity index (χ0v) is 13.3. The molecule has 0 fully saturated rings. The predicted octanol–water partition coefficient (Wildman–Crippen LogP) is 3.04. The van der Waals surface area contributed by atoms with Crippen molar-refractivity contribution in [2.75, 3.05) is 12.4 Å². The van der Waals surface area contributed by atoms with Crippen LogP contribution in [0.25, 0.3) is 0 Å². The number of benzene rings is 1. The third-order valence-electron chi connectivity index (χ3n) is 3.50. The lowest BCUT2D eigenvalue weighted by atomic mass is 10.1. The van der Waals surface area contributed by atoms with Gasteiger partial charge in [-0.15, -0.1) is 10.2 Å². The molecule has 1 atom stereocenters. The summed E-state index contributed by atoms with van der Waals surface area (Å²) in [6.45, 7) is 4.80. The van der Waals surface area contributed by atoms with Gasteiger partial charge in [0.2, 0.25) is 5.13 Å². The van der Waals surface area contributed by atoms with E-state index in [0.717, 1.165) is 40.0 Å². The third-order valence-corrected chi connectivity index (χ3v) is 4.52. The maximum absolute atomic E-state index is 5.81. The van der Waals surface area contributed by atoms with Crippen LogP contribution in [0.3, 0.4) is 0 Å². The van der Waals surface area contributed by atoms with Gasteiger partial charge in [0.1, 0.15) is 22.6 Å². The second-order valence-electron chi connectivity index (χ2n) is 5.11. The summed E-state index contributed by atoms with van der Waals surface area (Å²) in [5, 5.41) is 13.4. The SMILES string of the molecule is CCc1nnc(NCc2cc3c(cc2OC)CC(C)O3)s1. The lowest BCUT2D eigenvalue weighted by Crippen LogP contribution is -2.05. The Kier molecular flexibility index (Phi) is 3.96. The summed E-state index contributed by atoms with van der Waals surface area (Å²) >= 11 is 1.59. The number of hydrogen-bond donors (Lipinski definition) is 1. The molecule has 0 saturated heterocycles. The Morgan fingerprint density at radius 3 is 3.00 bits per heavy atom. The molecule has 0 radical (unpaired) electrons. The minimum atomic E-state index is 0.239. The van der Waals surface area contributed by atoms with Gasteiger partial charge in [0.05, 0.1) is 7.11 Å². The molecule has 0 aliphatic carbocycles. The molecule has 0 bridgehead atoms. The number of rotatable bonds is 5. The van der Waals surface area contributed by atoms with E-state index in [-0.39, 0.29) is 6.10 Å². The summed E-state index contributed by atoms with van der Waals surface area (Å²) < 4.78 is 11.3. The van der Waals surface area contributed by atoms with E-state index in [0.29, 0.717) is 6.54 Å². The Morgan fingerprint density at radius 1 is 1.43 bits per heavy atom. The van der Waals surface area contributed by atoms with Crippen molar-refractivity contribution in [3.63, 3.8) is 0 Å². The van der Waals surface area contributed by atoms with Crippen molar-refractivity contribution in [3.05, 3.63) is 28.3 Å². The standard InChI is InChI=1S/C15H19N3O2S/c1-4-14-17-18-15(21-14)16-8-11-7-13-10(5-9(2)20-13)6-12(11)19-3/h6-7,9H,4-5,8H2,1-3H3,(H,16,18). The van der Waals surface area contributed by atoms with Crippen LogP contribution in [0.2, 0.25) is 0 Å². The van der Waals surface area contributed by atoms with Crippen LogP contribution in [-0.2, 0) is 19.4 Å². The molecular weight excluding hydrogens is 286 g/mol. The Balaban J connectivity index is 1.77. The lowest BCUT2D eigenvalue weighted by Gasteiger charge is -2.11. The zero-order chi connectivity index (χ0) is 14.8. The molecule has 1 aromatic heterocycles. The molecule has 0 spiro atoms. The summed E-state index contributed by atoms with van der Waals surface area (Å²) in [5.74, 6) is 1.85. The quantitative estimate of drug-likeness (QED) is 0.920. The first-order valence-electron chi connectivity index (χ1n) is 7.12. The van der Waals surface area contributed by atoms with E-state index in [1.54, 1.807) is 18.4 Å². The summed E-state index contributed by atoms with van der Waals surface area (Å²) in [7, 11) is 1.70. The van der Waals surface area contributed by atoms with Crippen molar-refractivity contribution in [2.24, 2.45) is 0 Å². The zero-order valence-electron chi connectivity index (χ0n) is 12.5. The summed E-state index contributed by atoms with van der Waals surface area (Å²) in [6, 6.07) is 4.14. The van der Waals surface area contributed by atoms with Crippen LogP contribution in [0.4, 0.5) is 5.13 Å². The number of anilines is 1. The number of ether oxygens (including phenoxy) is 2. The molecule has 0 amide bonds. The smallest absolute Gasteiger partial charge is 0.205 e. The van der Waals surface area contributed by atoms with E-state index in [4.69, 9.17) is 9.47 Å². The van der Waals surface area contributed by atoms with Crippen molar-refractivity contribution in [1.29, 1.82) is 0 Å². The van der Waals surface area contributed by atoms with E-state index in [2.05, 4.69) is 41.5 Å². The summed E-state index contributed by atoms with van der Waals surface area (Å²) in [4.78, 5) is 0. The van der Waals surface area contributed by atoms with Gasteiger partial charge in [0.15, 0.2) is 0 Å². The van der Waals surface area contributed by atoms with Crippen LogP contribution in [0.15, 0.2) is 12.1 Å². The average molecular weight is 305 g/mol. The second-order valence-corrected chi connectivity index (χ2v) is 6.17. The number of methoxy groups -OCH3 is 1. The fourth-order valence-electron chi connectivity index (χ4n) is 2.45. The highest BCUT2D eigenvalue weighted by molar-refractivity contribution is 7.15. The fourth-order valence-corrected chi connectivity index (χ4v) is 3.12. The van der Waals surface area contributed by atoms with Gasteiger partial charge in [-0.05, 0) is 25.5 Å². The highest BCUT2D eigenvalue weighted by Crippen LogP contribution is 2.35. The first kappa shape index (κ1) is 14.1. The predicted molar refractivity (Wildman–Crippen MR) is 83.4 cm³/mol. The molecule has 2 aromatic rings. The van der Waals surface area contributed by atoms with Gasteiger partial charge in [0, 0.05) is 24.1 Å². The Morgan fingerprint density at radius 2 is 2.29 bits per heavy atom. The van der Waals surface area contributed by atoms with Gasteiger partial charge >= 0.3 is 0 Å². The largest absolute Gasteiger partial charge is 0.496 e. The van der Waals surface area contributed by atoms with Crippen LogP contribution in [0, 0.1) is 0 Å². The van der Waals surface area contributed by atoms with Gasteiger partial charge < -0.3 is 14.8 Å². The lowest BCUT2D eigenvalue weighted by molar-refractivity contribution is 0.254. The molecule has 1 unspecified atom stereocenters. The molecule has 112 valence electrons. The maximum Gasteiger partial charge on any atom is 0.205 e.